The highest BCUT2D eigenvalue weighted by atomic mass is 28.3. The van der Waals surface area contributed by atoms with Gasteiger partial charge in [0.1, 0.15) is 28.0 Å². The molecule has 0 aromatic rings. The van der Waals surface area contributed by atoms with E-state index in [1.54, 1.807) is 0 Å². The Balaban J connectivity index is 6.86. The highest BCUT2D eigenvalue weighted by molar-refractivity contribution is 6.91. The van der Waals surface area contributed by atoms with Crippen LogP contribution in [0.5, 0.6) is 0 Å². The van der Waals surface area contributed by atoms with E-state index < -0.39 is 39.8 Å². The average Bonchev–Trinajstić information content (AvgIpc) is 2.86. The third-order valence-corrected chi connectivity index (χ3v) is 21.0. The summed E-state index contributed by atoms with van der Waals surface area (Å²) in [7, 11) is -4.16. The second-order valence-corrected chi connectivity index (χ2v) is 23.5. The van der Waals surface area contributed by atoms with Crippen LogP contribution in [-0.2, 0) is 0 Å². The first kappa shape index (κ1) is 36.6. The van der Waals surface area contributed by atoms with Gasteiger partial charge in [-0.1, -0.05) is 107 Å². The van der Waals surface area contributed by atoms with Gasteiger partial charge in [0.2, 0.25) is 0 Å². The molecule has 0 amide bonds. The summed E-state index contributed by atoms with van der Waals surface area (Å²) in [4.78, 5) is 0. The van der Waals surface area contributed by atoms with Gasteiger partial charge in [-0.15, -0.1) is 11.1 Å². The van der Waals surface area contributed by atoms with Crippen molar-refractivity contribution in [3.8, 4) is 70.9 Å². The summed E-state index contributed by atoms with van der Waals surface area (Å²) in [5.41, 5.74) is 9.57. The van der Waals surface area contributed by atoms with Crippen molar-refractivity contribution in [3.63, 3.8) is 0 Å². The van der Waals surface area contributed by atoms with Crippen LogP contribution in [0.2, 0.25) is 33.2 Å². The van der Waals surface area contributed by atoms with E-state index in [2.05, 4.69) is 130 Å². The minimum Gasteiger partial charge on any atom is -0.197 e. The van der Waals surface area contributed by atoms with Gasteiger partial charge >= 0.3 is 0 Å². The zero-order valence-corrected chi connectivity index (χ0v) is 28.6. The van der Waals surface area contributed by atoms with Crippen LogP contribution in [0.3, 0.4) is 0 Å². The predicted octanol–water partition coefficient (Wildman–Crippen LogP) is 8.00. The van der Waals surface area contributed by atoms with Gasteiger partial charge in [-0.05, 0) is 45.1 Å². The molecule has 0 aromatic heterocycles. The molecule has 4 nitrogen and oxygen atoms in total. The van der Waals surface area contributed by atoms with Crippen molar-refractivity contribution >= 4 is 16.1 Å². The van der Waals surface area contributed by atoms with E-state index in [1.807, 2.05) is 24.3 Å². The van der Waals surface area contributed by atoms with Crippen molar-refractivity contribution in [1.82, 2.24) is 0 Å². The number of hydrogen-bond donors (Lipinski definition) is 0. The fraction of sp³-hybridized carbons (Fsp3) is 0.647. The molecule has 2 atom stereocenters. The first-order valence-electron chi connectivity index (χ1n) is 14.3. The van der Waals surface area contributed by atoms with Gasteiger partial charge in [0, 0.05) is 0 Å². The molecule has 0 bridgehead atoms. The molecule has 0 fully saturated rings. The Kier molecular flexibility index (Phi) is 15.3. The molecule has 0 radical (unpaired) electrons. The summed E-state index contributed by atoms with van der Waals surface area (Å²) in [6.07, 6.45) is 0. The van der Waals surface area contributed by atoms with Gasteiger partial charge in [-0.2, -0.15) is 21.0 Å². The highest BCUT2D eigenvalue weighted by Gasteiger charge is 2.43. The maximum atomic E-state index is 9.60. The smallest absolute Gasteiger partial charge is 0.158 e. The van der Waals surface area contributed by atoms with Gasteiger partial charge in [-0.3, -0.25) is 0 Å². The van der Waals surface area contributed by atoms with Crippen LogP contribution in [0.4, 0.5) is 0 Å². The predicted molar refractivity (Wildman–Crippen MR) is 170 cm³/mol. The molecule has 6 heteroatoms. The Morgan fingerprint density at radius 3 is 0.750 bits per heavy atom. The maximum Gasteiger partial charge on any atom is 0.158 e. The van der Waals surface area contributed by atoms with E-state index in [9.17, 15) is 21.0 Å². The summed E-state index contributed by atoms with van der Waals surface area (Å²) in [5, 5.41) is 38.4. The molecule has 2 unspecified atom stereocenters. The van der Waals surface area contributed by atoms with E-state index in [1.165, 1.54) is 0 Å². The van der Waals surface area contributed by atoms with E-state index in [-0.39, 0.29) is 0 Å². The fourth-order valence-electron chi connectivity index (χ4n) is 6.26. The Hall–Kier alpha value is -3.37. The first-order chi connectivity index (χ1) is 18.6. The van der Waals surface area contributed by atoms with Crippen molar-refractivity contribution in [3.05, 3.63) is 0 Å². The molecule has 0 N–H and O–H groups in total. The lowest BCUT2D eigenvalue weighted by Gasteiger charge is -2.38. The first-order valence-corrected chi connectivity index (χ1v) is 18.7. The average molecular weight is 567 g/mol. The van der Waals surface area contributed by atoms with Gasteiger partial charge in [0.05, 0.1) is 24.3 Å². The van der Waals surface area contributed by atoms with Crippen molar-refractivity contribution < 1.29 is 0 Å². The van der Waals surface area contributed by atoms with Crippen LogP contribution in [-0.4, -0.2) is 16.1 Å². The second-order valence-electron chi connectivity index (χ2n) is 12.3. The minimum absolute atomic E-state index is 0.405. The Bertz CT molecular complexity index is 1110. The zero-order valence-electron chi connectivity index (χ0n) is 26.6. The molecule has 0 heterocycles. The van der Waals surface area contributed by atoms with Crippen molar-refractivity contribution in [2.24, 2.45) is 23.7 Å². The lowest BCUT2D eigenvalue weighted by molar-refractivity contribution is 0.744. The van der Waals surface area contributed by atoms with Crippen LogP contribution >= 0.6 is 0 Å². The van der Waals surface area contributed by atoms with Crippen molar-refractivity contribution in [2.75, 3.05) is 0 Å². The Labute approximate surface area is 247 Å². The molecule has 0 aliphatic heterocycles. The largest absolute Gasteiger partial charge is 0.197 e. The van der Waals surface area contributed by atoms with Crippen LogP contribution in [0, 0.1) is 116 Å². The van der Waals surface area contributed by atoms with Gasteiger partial charge in [0.25, 0.3) is 0 Å². The fourth-order valence-corrected chi connectivity index (χ4v) is 16.8. The van der Waals surface area contributed by atoms with Gasteiger partial charge in [-0.25, -0.2) is 0 Å². The van der Waals surface area contributed by atoms with Crippen molar-refractivity contribution in [2.45, 2.75) is 116 Å². The zero-order chi connectivity index (χ0) is 31.3. The van der Waals surface area contributed by atoms with E-state index in [4.69, 9.17) is 0 Å². The lowest BCUT2D eigenvalue weighted by Crippen LogP contribution is -2.43. The highest BCUT2D eigenvalue weighted by Crippen LogP contribution is 2.42. The SMILES string of the molecule is CC(C)[Si](C#CC(C#CC#CC(C#C[Si](C(C)C)(C(C)C)C(C)C)C(C#N)C#N)C(C#N)C#N)(C(C)C)C(C)C. The summed E-state index contributed by atoms with van der Waals surface area (Å²) >= 11 is 0. The third-order valence-electron chi connectivity index (χ3n) is 8.36. The summed E-state index contributed by atoms with van der Waals surface area (Å²) < 4.78 is 0. The minimum atomic E-state index is -2.08. The van der Waals surface area contributed by atoms with Crippen LogP contribution in [0.15, 0.2) is 0 Å². The van der Waals surface area contributed by atoms with Crippen LogP contribution < -0.4 is 0 Å². The molecular weight excluding hydrogens is 521 g/mol. The normalized spacial score (nSPS) is 12.7. The number of nitriles is 4. The quantitative estimate of drug-likeness (QED) is 0.220. The molecule has 0 saturated carbocycles. The summed E-state index contributed by atoms with van der Waals surface area (Å²) in [6, 6.07) is 8.11. The standard InChI is InChI=1S/C34H46N4Si2/c1-25(2)39(26(3)4,27(5)6)19-17-31(33(21-35)22-36)15-13-14-16-32(34(23-37)24-38)18-20-40(28(7)8,29(9)10)30(11)12/h25-34H,1-12H3. The molecule has 0 saturated heterocycles. The molecule has 0 aliphatic rings. The number of nitrogens with zero attached hydrogens (tertiary/aromatic N) is 4. The summed E-state index contributed by atoms with van der Waals surface area (Å²) in [6.45, 7) is 26.5. The molecule has 0 aromatic carbocycles. The Morgan fingerprint density at radius 2 is 0.575 bits per heavy atom. The van der Waals surface area contributed by atoms with E-state index in [0.29, 0.717) is 33.2 Å². The topological polar surface area (TPSA) is 95.2 Å². The monoisotopic (exact) mass is 566 g/mol. The number of rotatable bonds is 8. The summed E-state index contributed by atoms with van der Waals surface area (Å²) in [5.74, 6) is 14.4. The maximum absolute atomic E-state index is 9.60. The second kappa shape index (κ2) is 16.7. The lowest BCUT2D eigenvalue weighted by atomic mass is 9.95. The molecule has 210 valence electrons. The van der Waals surface area contributed by atoms with Gasteiger partial charge in [0.15, 0.2) is 11.8 Å². The molecule has 0 aliphatic carbocycles. The van der Waals surface area contributed by atoms with E-state index >= 15 is 0 Å². The van der Waals surface area contributed by atoms with Crippen molar-refractivity contribution in [1.29, 1.82) is 21.0 Å². The number of hydrogen-bond acceptors (Lipinski definition) is 4. The Morgan fingerprint density at radius 1 is 0.350 bits per heavy atom. The molecule has 0 rings (SSSR count). The molecule has 0 spiro atoms. The van der Waals surface area contributed by atoms with Gasteiger partial charge < -0.3 is 0 Å². The van der Waals surface area contributed by atoms with E-state index in [0.717, 1.165) is 0 Å². The van der Waals surface area contributed by atoms with Crippen LogP contribution in [0.1, 0.15) is 83.1 Å². The van der Waals surface area contributed by atoms with Crippen LogP contribution in [0.25, 0.3) is 0 Å². The third kappa shape index (κ3) is 8.56. The molecule has 40 heavy (non-hydrogen) atoms. The molecular formula is C34H46N4Si2.